The molecule has 0 unspecified atom stereocenters. The number of carbonyl (C=O) groups is 2. The molecular weight excluding hydrogens is 332 g/mol. The Kier molecular flexibility index (Phi) is 6.31. The normalized spacial score (nSPS) is 10.4. The fourth-order valence-electron chi connectivity index (χ4n) is 1.33. The van der Waals surface area contributed by atoms with Gasteiger partial charge in [-0.15, -0.1) is 0 Å². The number of benzene rings is 1. The van der Waals surface area contributed by atoms with Gasteiger partial charge in [0.05, 0.1) is 6.54 Å². The summed E-state index contributed by atoms with van der Waals surface area (Å²) in [5.74, 6) is -0.158. The maximum atomic E-state index is 11.8. The standard InChI is InChI=1S/C13H16BrClN2O2/c1-8(2)6-16-12(18)7-17-13(19)9-3-10(14)5-11(15)4-9/h3-5,8H,6-7H2,1-2H3,(H,16,18)(H,17,19). The molecule has 0 aliphatic heterocycles. The van der Waals surface area contributed by atoms with E-state index in [1.54, 1.807) is 18.2 Å². The van der Waals surface area contributed by atoms with Crippen LogP contribution in [-0.2, 0) is 4.79 Å². The van der Waals surface area contributed by atoms with Crippen molar-refractivity contribution in [3.63, 3.8) is 0 Å². The fraction of sp³-hybridized carbons (Fsp3) is 0.385. The van der Waals surface area contributed by atoms with Gasteiger partial charge in [0.1, 0.15) is 0 Å². The first kappa shape index (κ1) is 16.0. The van der Waals surface area contributed by atoms with Crippen LogP contribution < -0.4 is 10.6 Å². The van der Waals surface area contributed by atoms with Crippen molar-refractivity contribution in [2.45, 2.75) is 13.8 Å². The molecule has 4 nitrogen and oxygen atoms in total. The Morgan fingerprint density at radius 1 is 1.26 bits per heavy atom. The topological polar surface area (TPSA) is 58.2 Å². The van der Waals surface area contributed by atoms with Gasteiger partial charge in [-0.2, -0.15) is 0 Å². The zero-order valence-electron chi connectivity index (χ0n) is 10.8. The van der Waals surface area contributed by atoms with E-state index < -0.39 is 0 Å². The summed E-state index contributed by atoms with van der Waals surface area (Å²) in [6.07, 6.45) is 0. The lowest BCUT2D eigenvalue weighted by atomic mass is 10.2. The van der Waals surface area contributed by atoms with Crippen LogP contribution in [0.3, 0.4) is 0 Å². The Morgan fingerprint density at radius 2 is 1.95 bits per heavy atom. The highest BCUT2D eigenvalue weighted by molar-refractivity contribution is 9.10. The number of nitrogens with one attached hydrogen (secondary N) is 2. The van der Waals surface area contributed by atoms with E-state index in [-0.39, 0.29) is 18.4 Å². The lowest BCUT2D eigenvalue weighted by Gasteiger charge is -2.09. The molecule has 0 fully saturated rings. The van der Waals surface area contributed by atoms with E-state index in [1.807, 2.05) is 13.8 Å². The largest absolute Gasteiger partial charge is 0.354 e. The Labute approximate surface area is 126 Å². The fourth-order valence-corrected chi connectivity index (χ4v) is 2.19. The van der Waals surface area contributed by atoms with E-state index >= 15 is 0 Å². The van der Waals surface area contributed by atoms with Crippen LogP contribution in [-0.4, -0.2) is 24.9 Å². The third-order valence-electron chi connectivity index (χ3n) is 2.24. The van der Waals surface area contributed by atoms with Crippen LogP contribution in [0.4, 0.5) is 0 Å². The maximum absolute atomic E-state index is 11.8. The second-order valence-electron chi connectivity index (χ2n) is 4.54. The summed E-state index contributed by atoms with van der Waals surface area (Å²) in [7, 11) is 0. The summed E-state index contributed by atoms with van der Waals surface area (Å²) in [4.78, 5) is 23.3. The zero-order valence-corrected chi connectivity index (χ0v) is 13.1. The Bertz CT molecular complexity index is 457. The predicted octanol–water partition coefficient (Wildman–Crippen LogP) is 2.60. The molecule has 0 saturated carbocycles. The molecule has 19 heavy (non-hydrogen) atoms. The van der Waals surface area contributed by atoms with Gasteiger partial charge < -0.3 is 10.6 Å². The molecular formula is C13H16BrClN2O2. The first-order valence-corrected chi connectivity index (χ1v) is 7.06. The Morgan fingerprint density at radius 3 is 2.53 bits per heavy atom. The van der Waals surface area contributed by atoms with E-state index in [2.05, 4.69) is 26.6 Å². The van der Waals surface area contributed by atoms with Crippen molar-refractivity contribution in [3.05, 3.63) is 33.3 Å². The molecule has 0 heterocycles. The van der Waals surface area contributed by atoms with Crippen molar-refractivity contribution in [3.8, 4) is 0 Å². The molecule has 0 radical (unpaired) electrons. The number of halogens is 2. The van der Waals surface area contributed by atoms with Crippen molar-refractivity contribution in [2.24, 2.45) is 5.92 Å². The Balaban J connectivity index is 2.49. The minimum Gasteiger partial charge on any atom is -0.354 e. The molecule has 0 aliphatic carbocycles. The van der Waals surface area contributed by atoms with Crippen molar-refractivity contribution in [1.29, 1.82) is 0 Å². The van der Waals surface area contributed by atoms with Crippen LogP contribution in [0.2, 0.25) is 5.02 Å². The van der Waals surface area contributed by atoms with E-state index in [0.717, 1.165) is 4.47 Å². The molecule has 0 aromatic heterocycles. The molecule has 2 amide bonds. The monoisotopic (exact) mass is 346 g/mol. The van der Waals surface area contributed by atoms with Crippen LogP contribution in [0.25, 0.3) is 0 Å². The number of rotatable bonds is 5. The summed E-state index contributed by atoms with van der Waals surface area (Å²) < 4.78 is 0.717. The predicted molar refractivity (Wildman–Crippen MR) is 79.3 cm³/mol. The maximum Gasteiger partial charge on any atom is 0.251 e. The molecule has 6 heteroatoms. The highest BCUT2D eigenvalue weighted by Gasteiger charge is 2.09. The zero-order chi connectivity index (χ0) is 14.4. The van der Waals surface area contributed by atoms with Crippen LogP contribution in [0.5, 0.6) is 0 Å². The van der Waals surface area contributed by atoms with Crippen LogP contribution in [0, 0.1) is 5.92 Å². The van der Waals surface area contributed by atoms with Gasteiger partial charge in [0.15, 0.2) is 0 Å². The van der Waals surface area contributed by atoms with Gasteiger partial charge in [-0.25, -0.2) is 0 Å². The van der Waals surface area contributed by atoms with Crippen LogP contribution >= 0.6 is 27.5 Å². The van der Waals surface area contributed by atoms with Gasteiger partial charge in [0.25, 0.3) is 5.91 Å². The molecule has 1 aromatic carbocycles. The summed E-state index contributed by atoms with van der Waals surface area (Å²) in [5.41, 5.74) is 0.413. The molecule has 0 bridgehead atoms. The second kappa shape index (κ2) is 7.50. The summed E-state index contributed by atoms with van der Waals surface area (Å²) in [5, 5.41) is 5.73. The third-order valence-corrected chi connectivity index (χ3v) is 2.92. The van der Waals surface area contributed by atoms with Crippen molar-refractivity contribution in [2.75, 3.05) is 13.1 Å². The SMILES string of the molecule is CC(C)CNC(=O)CNC(=O)c1cc(Cl)cc(Br)c1. The van der Waals surface area contributed by atoms with E-state index in [0.29, 0.717) is 23.0 Å². The molecule has 1 aromatic rings. The van der Waals surface area contributed by atoms with Gasteiger partial charge in [-0.3, -0.25) is 9.59 Å². The minimum atomic E-state index is -0.331. The molecule has 0 aliphatic rings. The quantitative estimate of drug-likeness (QED) is 0.860. The summed E-state index contributed by atoms with van der Waals surface area (Å²) in [6.45, 7) is 4.55. The van der Waals surface area contributed by atoms with Gasteiger partial charge in [0, 0.05) is 21.6 Å². The number of carbonyl (C=O) groups excluding carboxylic acids is 2. The number of hydrogen-bond acceptors (Lipinski definition) is 2. The van der Waals surface area contributed by atoms with Crippen molar-refractivity contribution >= 4 is 39.3 Å². The first-order valence-electron chi connectivity index (χ1n) is 5.89. The van der Waals surface area contributed by atoms with Gasteiger partial charge in [-0.05, 0) is 24.1 Å². The summed E-state index contributed by atoms with van der Waals surface area (Å²) in [6, 6.07) is 4.88. The first-order chi connectivity index (χ1) is 8.88. The summed E-state index contributed by atoms with van der Waals surface area (Å²) >= 11 is 9.11. The molecule has 0 saturated heterocycles. The van der Waals surface area contributed by atoms with Crippen LogP contribution in [0.15, 0.2) is 22.7 Å². The molecule has 0 atom stereocenters. The lowest BCUT2D eigenvalue weighted by Crippen LogP contribution is -2.38. The van der Waals surface area contributed by atoms with Gasteiger partial charge >= 0.3 is 0 Å². The average Bonchev–Trinajstić information content (AvgIpc) is 2.32. The minimum absolute atomic E-state index is 0.0459. The van der Waals surface area contributed by atoms with Gasteiger partial charge in [-0.1, -0.05) is 41.4 Å². The van der Waals surface area contributed by atoms with Gasteiger partial charge in [0.2, 0.25) is 5.91 Å². The highest BCUT2D eigenvalue weighted by atomic mass is 79.9. The molecule has 104 valence electrons. The van der Waals surface area contributed by atoms with E-state index in [9.17, 15) is 9.59 Å². The number of amides is 2. The van der Waals surface area contributed by atoms with Crippen molar-refractivity contribution < 1.29 is 9.59 Å². The smallest absolute Gasteiger partial charge is 0.251 e. The Hall–Kier alpha value is -1.07. The third kappa shape index (κ3) is 6.07. The molecule has 1 rings (SSSR count). The molecule has 0 spiro atoms. The second-order valence-corrected chi connectivity index (χ2v) is 5.89. The number of hydrogen-bond donors (Lipinski definition) is 2. The lowest BCUT2D eigenvalue weighted by molar-refractivity contribution is -0.120. The average molecular weight is 348 g/mol. The van der Waals surface area contributed by atoms with Crippen molar-refractivity contribution in [1.82, 2.24) is 10.6 Å². The highest BCUT2D eigenvalue weighted by Crippen LogP contribution is 2.19. The van der Waals surface area contributed by atoms with E-state index in [4.69, 9.17) is 11.6 Å². The van der Waals surface area contributed by atoms with E-state index in [1.165, 1.54) is 0 Å². The molecule has 2 N–H and O–H groups in total. The van der Waals surface area contributed by atoms with Crippen LogP contribution in [0.1, 0.15) is 24.2 Å².